The summed E-state index contributed by atoms with van der Waals surface area (Å²) in [5.74, 6) is -0.843. The summed E-state index contributed by atoms with van der Waals surface area (Å²) in [7, 11) is 0. The monoisotopic (exact) mass is 508 g/mol. The lowest BCUT2D eigenvalue weighted by Gasteiger charge is -2.22. The molecule has 2 aliphatic carbocycles. The average molecular weight is 509 g/mol. The third-order valence-electron chi connectivity index (χ3n) is 5.96. The second-order valence-electron chi connectivity index (χ2n) is 8.91. The van der Waals surface area contributed by atoms with Crippen molar-refractivity contribution in [3.05, 3.63) is 0 Å². The normalized spacial score (nSPS) is 21.6. The molecule has 4 atom stereocenters. The third-order valence-corrected chi connectivity index (χ3v) is 8.17. The van der Waals surface area contributed by atoms with Gasteiger partial charge in [0.05, 0.1) is 12.2 Å². The Bertz CT molecular complexity index is 590. The zero-order valence-electron chi connectivity index (χ0n) is 20.0. The van der Waals surface area contributed by atoms with Crippen molar-refractivity contribution in [1.82, 2.24) is 0 Å². The van der Waals surface area contributed by atoms with Crippen molar-refractivity contribution in [2.45, 2.75) is 133 Å². The lowest BCUT2D eigenvalue weighted by molar-refractivity contribution is -0.145. The van der Waals surface area contributed by atoms with Crippen LogP contribution in [0.1, 0.15) is 110 Å². The van der Waals surface area contributed by atoms with Gasteiger partial charge in [0.2, 0.25) is 0 Å². The first-order valence-corrected chi connectivity index (χ1v) is 14.7. The summed E-state index contributed by atoms with van der Waals surface area (Å²) >= 11 is -3.30. The fraction of sp³-hybridized carbons (Fsp3) is 0.913. The number of ether oxygens (including phenoxy) is 2. The molecule has 0 heterocycles. The maximum absolute atomic E-state index is 12.2. The Morgan fingerprint density at radius 3 is 1.39 bits per heavy atom. The maximum atomic E-state index is 12.2. The molecule has 2 saturated carbocycles. The molecule has 33 heavy (non-hydrogen) atoms. The largest absolute Gasteiger partial charge is 0.446 e. The van der Waals surface area contributed by atoms with Gasteiger partial charge in [-0.3, -0.25) is 18.0 Å². The highest BCUT2D eigenvalue weighted by molar-refractivity contribution is 7.80. The van der Waals surface area contributed by atoms with Crippen molar-refractivity contribution in [2.75, 3.05) is 0 Å². The summed E-state index contributed by atoms with van der Waals surface area (Å²) in [6.07, 6.45) is 12.4. The first-order chi connectivity index (χ1) is 15.8. The number of esters is 2. The summed E-state index contributed by atoms with van der Waals surface area (Å²) < 4.78 is 45.8. The number of hydrogen-bond donors (Lipinski definition) is 0. The number of carbonyl (C=O) groups excluding carboxylic acids is 2. The summed E-state index contributed by atoms with van der Waals surface area (Å²) in [5, 5.41) is 0. The first-order valence-electron chi connectivity index (χ1n) is 12.4. The molecular weight excluding hydrogens is 468 g/mol. The molecule has 0 amide bonds. The molecule has 0 saturated heterocycles. The first kappa shape index (κ1) is 28.4. The summed E-state index contributed by atoms with van der Waals surface area (Å²) in [4.78, 5) is 24.0. The molecule has 2 fully saturated rings. The lowest BCUT2D eigenvalue weighted by Crippen LogP contribution is -2.26. The van der Waals surface area contributed by atoms with Crippen LogP contribution in [-0.4, -0.2) is 43.4 Å². The lowest BCUT2D eigenvalue weighted by atomic mass is 9.98. The Kier molecular flexibility index (Phi) is 13.7. The minimum atomic E-state index is -1.65. The van der Waals surface area contributed by atoms with Crippen molar-refractivity contribution in [1.29, 1.82) is 0 Å². The van der Waals surface area contributed by atoms with Crippen LogP contribution in [0, 0.1) is 0 Å². The highest BCUT2D eigenvalue weighted by Crippen LogP contribution is 2.23. The fourth-order valence-electron chi connectivity index (χ4n) is 4.03. The van der Waals surface area contributed by atoms with E-state index in [1.807, 2.05) is 0 Å². The van der Waals surface area contributed by atoms with E-state index in [9.17, 15) is 18.0 Å². The van der Waals surface area contributed by atoms with Gasteiger partial charge in [0.25, 0.3) is 0 Å². The molecule has 2 rings (SSSR count). The molecule has 8 nitrogen and oxygen atoms in total. The van der Waals surface area contributed by atoms with E-state index in [2.05, 4.69) is 0 Å². The zero-order valence-corrected chi connectivity index (χ0v) is 21.6. The summed E-state index contributed by atoms with van der Waals surface area (Å²) in [6, 6.07) is 0. The van der Waals surface area contributed by atoms with E-state index in [-0.39, 0.29) is 25.0 Å². The van der Waals surface area contributed by atoms with E-state index in [1.54, 1.807) is 13.8 Å². The minimum absolute atomic E-state index is 0.0144. The van der Waals surface area contributed by atoms with E-state index < -0.39 is 45.0 Å². The summed E-state index contributed by atoms with van der Waals surface area (Å²) in [6.45, 7) is 3.16. The van der Waals surface area contributed by atoms with E-state index in [0.717, 1.165) is 51.4 Å². The Morgan fingerprint density at radius 1 is 0.667 bits per heavy atom. The Hall–Kier alpha value is -0.840. The molecule has 0 aromatic heterocycles. The van der Waals surface area contributed by atoms with Crippen molar-refractivity contribution < 1.29 is 35.8 Å². The molecule has 4 unspecified atom stereocenters. The molecule has 10 heteroatoms. The van der Waals surface area contributed by atoms with Crippen molar-refractivity contribution in [3.8, 4) is 0 Å². The minimum Gasteiger partial charge on any atom is -0.446 e. The number of rotatable bonds is 14. The molecule has 0 radical (unpaired) electrons. The number of carbonyl (C=O) groups is 2. The molecular formula is C23H40O8S2. The van der Waals surface area contributed by atoms with E-state index >= 15 is 0 Å². The van der Waals surface area contributed by atoms with Gasteiger partial charge in [-0.1, -0.05) is 44.9 Å². The van der Waals surface area contributed by atoms with E-state index in [4.69, 9.17) is 17.8 Å². The van der Waals surface area contributed by atoms with Crippen molar-refractivity contribution in [2.24, 2.45) is 0 Å². The van der Waals surface area contributed by atoms with E-state index in [1.165, 1.54) is 12.8 Å². The van der Waals surface area contributed by atoms with Crippen LogP contribution in [0.2, 0.25) is 0 Å². The van der Waals surface area contributed by atoms with Crippen LogP contribution in [0.15, 0.2) is 0 Å². The SMILES string of the molecule is CC(OC(=O)CCCCCC(=O)OC(C)S(=O)OC1CCCCC1)S(=O)OC1CCCCC1. The second kappa shape index (κ2) is 15.9. The smallest absolute Gasteiger partial charge is 0.307 e. The fourth-order valence-corrected chi connectivity index (χ4v) is 5.64. The molecule has 0 aliphatic heterocycles. The van der Waals surface area contributed by atoms with Gasteiger partial charge in [-0.15, -0.1) is 0 Å². The molecule has 0 bridgehead atoms. The average Bonchev–Trinajstić information content (AvgIpc) is 2.80. The topological polar surface area (TPSA) is 105 Å². The third kappa shape index (κ3) is 11.9. The van der Waals surface area contributed by atoms with Gasteiger partial charge in [0, 0.05) is 12.8 Å². The Labute approximate surface area is 203 Å². The molecule has 0 aromatic rings. The summed E-state index contributed by atoms with van der Waals surface area (Å²) in [5.41, 5.74) is -1.60. The van der Waals surface area contributed by atoms with Crippen LogP contribution in [0.3, 0.4) is 0 Å². The Morgan fingerprint density at radius 2 is 1.03 bits per heavy atom. The van der Waals surface area contributed by atoms with Gasteiger partial charge >= 0.3 is 11.9 Å². The quantitative estimate of drug-likeness (QED) is 0.245. The van der Waals surface area contributed by atoms with Gasteiger partial charge in [0.15, 0.2) is 33.0 Å². The molecule has 2 aliphatic rings. The predicted molar refractivity (Wildman–Crippen MR) is 126 cm³/mol. The second-order valence-corrected chi connectivity index (χ2v) is 11.7. The van der Waals surface area contributed by atoms with Gasteiger partial charge < -0.3 is 9.47 Å². The highest BCUT2D eigenvalue weighted by Gasteiger charge is 2.24. The molecule has 0 N–H and O–H groups in total. The van der Waals surface area contributed by atoms with Crippen LogP contribution in [0.4, 0.5) is 0 Å². The van der Waals surface area contributed by atoms with Crippen molar-refractivity contribution >= 4 is 34.1 Å². The number of hydrogen-bond acceptors (Lipinski definition) is 8. The molecule has 192 valence electrons. The zero-order chi connectivity index (χ0) is 24.1. The van der Waals surface area contributed by atoms with Gasteiger partial charge in [0.1, 0.15) is 0 Å². The van der Waals surface area contributed by atoms with Gasteiger partial charge in [-0.05, 0) is 52.4 Å². The maximum Gasteiger partial charge on any atom is 0.307 e. The van der Waals surface area contributed by atoms with Crippen molar-refractivity contribution in [3.63, 3.8) is 0 Å². The van der Waals surface area contributed by atoms with Crippen LogP contribution in [-0.2, 0) is 49.6 Å². The highest BCUT2D eigenvalue weighted by atomic mass is 32.2. The number of unbranched alkanes of at least 4 members (excludes halogenated alkanes) is 2. The van der Waals surface area contributed by atoms with Crippen LogP contribution < -0.4 is 0 Å². The van der Waals surface area contributed by atoms with Gasteiger partial charge in [-0.2, -0.15) is 0 Å². The standard InChI is InChI=1S/C23H40O8S2/c1-18(32(26)30-20-12-6-3-7-13-20)28-22(24)16-10-5-11-17-23(25)29-19(2)33(27)31-21-14-8-4-9-15-21/h18-21H,3-17H2,1-2H3. The Balaban J connectivity index is 1.51. The van der Waals surface area contributed by atoms with Crippen LogP contribution in [0.25, 0.3) is 0 Å². The van der Waals surface area contributed by atoms with Crippen LogP contribution in [0.5, 0.6) is 0 Å². The van der Waals surface area contributed by atoms with E-state index in [0.29, 0.717) is 19.3 Å². The van der Waals surface area contributed by atoms with Gasteiger partial charge in [-0.25, -0.2) is 8.42 Å². The van der Waals surface area contributed by atoms with Crippen LogP contribution >= 0.6 is 0 Å². The molecule has 0 aromatic carbocycles. The molecule has 0 spiro atoms. The predicted octanol–water partition coefficient (Wildman–Crippen LogP) is 4.74.